The van der Waals surface area contributed by atoms with Gasteiger partial charge < -0.3 is 11.1 Å². The zero-order valence-electron chi connectivity index (χ0n) is 12.1. The van der Waals surface area contributed by atoms with E-state index < -0.39 is 5.91 Å². The highest BCUT2D eigenvalue weighted by Crippen LogP contribution is 2.48. The molecule has 4 nitrogen and oxygen atoms in total. The molecule has 1 saturated carbocycles. The first-order valence-corrected chi connectivity index (χ1v) is 7.87. The van der Waals surface area contributed by atoms with Crippen molar-refractivity contribution in [3.8, 4) is 0 Å². The molecule has 118 valence electrons. The molecule has 0 aromatic heterocycles. The van der Waals surface area contributed by atoms with Crippen LogP contribution >= 0.6 is 23.2 Å². The van der Waals surface area contributed by atoms with E-state index in [1.165, 1.54) is 6.07 Å². The van der Waals surface area contributed by atoms with E-state index >= 15 is 0 Å². The first-order chi connectivity index (χ1) is 11.0. The fourth-order valence-corrected chi connectivity index (χ4v) is 2.93. The molecule has 1 aliphatic carbocycles. The summed E-state index contributed by atoms with van der Waals surface area (Å²) >= 11 is 11.8. The molecule has 2 aromatic carbocycles. The number of nitrogens with two attached hydrogens (primary N) is 1. The molecule has 0 bridgehead atoms. The van der Waals surface area contributed by atoms with Crippen molar-refractivity contribution in [3.05, 3.63) is 63.6 Å². The summed E-state index contributed by atoms with van der Waals surface area (Å²) < 4.78 is 0. The summed E-state index contributed by atoms with van der Waals surface area (Å²) in [5, 5.41) is 3.75. The van der Waals surface area contributed by atoms with Crippen LogP contribution in [-0.4, -0.2) is 11.8 Å². The molecule has 1 fully saturated rings. The maximum atomic E-state index is 12.3. The van der Waals surface area contributed by atoms with Crippen molar-refractivity contribution in [1.29, 1.82) is 0 Å². The monoisotopic (exact) mass is 348 g/mol. The lowest BCUT2D eigenvalue weighted by atomic mass is 10.1. The number of halogens is 2. The number of amides is 2. The first-order valence-electron chi connectivity index (χ1n) is 7.11. The highest BCUT2D eigenvalue weighted by atomic mass is 35.5. The summed E-state index contributed by atoms with van der Waals surface area (Å²) in [4.78, 5) is 23.6. The predicted octanol–water partition coefficient (Wildman–Crippen LogP) is 3.83. The maximum Gasteiger partial charge on any atom is 0.250 e. The van der Waals surface area contributed by atoms with E-state index in [-0.39, 0.29) is 28.3 Å². The summed E-state index contributed by atoms with van der Waals surface area (Å²) in [6.45, 7) is 0. The average molecular weight is 349 g/mol. The van der Waals surface area contributed by atoms with Gasteiger partial charge in [-0.25, -0.2) is 0 Å². The molecule has 0 heterocycles. The van der Waals surface area contributed by atoms with Crippen LogP contribution in [0.3, 0.4) is 0 Å². The van der Waals surface area contributed by atoms with E-state index in [1.54, 1.807) is 12.1 Å². The Kier molecular flexibility index (Phi) is 4.28. The maximum absolute atomic E-state index is 12.3. The Balaban J connectivity index is 1.68. The van der Waals surface area contributed by atoms with Gasteiger partial charge in [-0.05, 0) is 48.2 Å². The normalized spacial score (nSPS) is 19.2. The van der Waals surface area contributed by atoms with Gasteiger partial charge in [0.1, 0.15) is 0 Å². The number of anilines is 1. The zero-order valence-corrected chi connectivity index (χ0v) is 13.6. The lowest BCUT2D eigenvalue weighted by Crippen LogP contribution is -2.16. The second kappa shape index (κ2) is 6.22. The lowest BCUT2D eigenvalue weighted by Gasteiger charge is -2.07. The van der Waals surface area contributed by atoms with Gasteiger partial charge in [0.05, 0.1) is 10.6 Å². The van der Waals surface area contributed by atoms with Gasteiger partial charge in [0, 0.05) is 16.6 Å². The van der Waals surface area contributed by atoms with Gasteiger partial charge in [-0.2, -0.15) is 0 Å². The van der Waals surface area contributed by atoms with Gasteiger partial charge in [-0.3, -0.25) is 9.59 Å². The lowest BCUT2D eigenvalue weighted by molar-refractivity contribution is -0.117. The third-order valence-corrected chi connectivity index (χ3v) is 4.51. The Morgan fingerprint density at radius 2 is 1.78 bits per heavy atom. The third-order valence-electron chi connectivity index (χ3n) is 3.92. The SMILES string of the molecule is NC(=O)c1cc(NC(=O)C2CC2c2ccc(Cl)cc2)ccc1Cl. The molecular formula is C17H14Cl2N2O2. The summed E-state index contributed by atoms with van der Waals surface area (Å²) in [6.07, 6.45) is 0.795. The number of rotatable bonds is 4. The van der Waals surface area contributed by atoms with Crippen LogP contribution in [-0.2, 0) is 4.79 Å². The molecule has 0 spiro atoms. The Morgan fingerprint density at radius 1 is 1.09 bits per heavy atom. The molecule has 3 rings (SSSR count). The van der Waals surface area contributed by atoms with E-state index in [2.05, 4.69) is 5.32 Å². The minimum absolute atomic E-state index is 0.0797. The second-order valence-corrected chi connectivity index (χ2v) is 6.39. The van der Waals surface area contributed by atoms with Crippen LogP contribution in [0.25, 0.3) is 0 Å². The molecule has 6 heteroatoms. The predicted molar refractivity (Wildman–Crippen MR) is 90.9 cm³/mol. The van der Waals surface area contributed by atoms with Gasteiger partial charge in [0.15, 0.2) is 0 Å². The third kappa shape index (κ3) is 3.49. The average Bonchev–Trinajstić information content (AvgIpc) is 3.30. The van der Waals surface area contributed by atoms with Gasteiger partial charge in [0.2, 0.25) is 11.8 Å². The quantitative estimate of drug-likeness (QED) is 0.880. The molecule has 1 aliphatic rings. The van der Waals surface area contributed by atoms with Crippen LogP contribution < -0.4 is 11.1 Å². The van der Waals surface area contributed by atoms with Crippen molar-refractivity contribution in [1.82, 2.24) is 0 Å². The fraction of sp³-hybridized carbons (Fsp3) is 0.176. The largest absolute Gasteiger partial charge is 0.366 e. The molecular weight excluding hydrogens is 335 g/mol. The van der Waals surface area contributed by atoms with Crippen molar-refractivity contribution in [2.75, 3.05) is 5.32 Å². The van der Waals surface area contributed by atoms with E-state index in [1.807, 2.05) is 24.3 Å². The summed E-state index contributed by atoms with van der Waals surface area (Å²) in [6, 6.07) is 12.2. The molecule has 23 heavy (non-hydrogen) atoms. The molecule has 0 radical (unpaired) electrons. The van der Waals surface area contributed by atoms with Gasteiger partial charge in [-0.15, -0.1) is 0 Å². The molecule has 0 aliphatic heterocycles. The Bertz CT molecular complexity index is 775. The number of hydrogen-bond donors (Lipinski definition) is 2. The first kappa shape index (κ1) is 15.8. The van der Waals surface area contributed by atoms with Crippen LogP contribution in [0.4, 0.5) is 5.69 Å². The second-order valence-electron chi connectivity index (χ2n) is 5.55. The number of benzene rings is 2. The highest BCUT2D eigenvalue weighted by molar-refractivity contribution is 6.34. The summed E-state index contributed by atoms with van der Waals surface area (Å²) in [5.74, 6) is -0.585. The number of nitrogens with one attached hydrogen (secondary N) is 1. The van der Waals surface area contributed by atoms with Crippen LogP contribution in [0.2, 0.25) is 10.0 Å². The molecule has 0 saturated heterocycles. The van der Waals surface area contributed by atoms with Crippen molar-refractivity contribution in [2.24, 2.45) is 11.7 Å². The smallest absolute Gasteiger partial charge is 0.250 e. The Morgan fingerprint density at radius 3 is 2.43 bits per heavy atom. The van der Waals surface area contributed by atoms with Crippen molar-refractivity contribution in [3.63, 3.8) is 0 Å². The minimum atomic E-state index is -0.628. The van der Waals surface area contributed by atoms with Crippen molar-refractivity contribution < 1.29 is 9.59 Å². The Labute approximate surface area is 143 Å². The van der Waals surface area contributed by atoms with Crippen LogP contribution in [0.1, 0.15) is 28.3 Å². The van der Waals surface area contributed by atoms with E-state index in [9.17, 15) is 9.59 Å². The number of hydrogen-bond acceptors (Lipinski definition) is 2. The summed E-state index contributed by atoms with van der Waals surface area (Å²) in [7, 11) is 0. The van der Waals surface area contributed by atoms with Crippen LogP contribution in [0.5, 0.6) is 0 Å². The van der Waals surface area contributed by atoms with E-state index in [4.69, 9.17) is 28.9 Å². The van der Waals surface area contributed by atoms with Crippen LogP contribution in [0.15, 0.2) is 42.5 Å². The molecule has 2 aromatic rings. The van der Waals surface area contributed by atoms with Gasteiger partial charge in [0.25, 0.3) is 0 Å². The van der Waals surface area contributed by atoms with Crippen molar-refractivity contribution >= 4 is 40.7 Å². The topological polar surface area (TPSA) is 72.2 Å². The number of carbonyl (C=O) groups excluding carboxylic acids is 2. The minimum Gasteiger partial charge on any atom is -0.366 e. The molecule has 3 N–H and O–H groups in total. The molecule has 2 atom stereocenters. The summed E-state index contributed by atoms with van der Waals surface area (Å²) in [5.41, 5.74) is 7.05. The van der Waals surface area contributed by atoms with E-state index in [0.717, 1.165) is 12.0 Å². The van der Waals surface area contributed by atoms with Crippen molar-refractivity contribution in [2.45, 2.75) is 12.3 Å². The highest BCUT2D eigenvalue weighted by Gasteiger charge is 2.43. The van der Waals surface area contributed by atoms with Crippen LogP contribution in [0, 0.1) is 5.92 Å². The number of primary amides is 1. The van der Waals surface area contributed by atoms with Gasteiger partial charge in [-0.1, -0.05) is 35.3 Å². The zero-order chi connectivity index (χ0) is 16.6. The number of carbonyl (C=O) groups is 2. The fourth-order valence-electron chi connectivity index (χ4n) is 2.59. The van der Waals surface area contributed by atoms with E-state index in [0.29, 0.717) is 10.7 Å². The Hall–Kier alpha value is -2.04. The van der Waals surface area contributed by atoms with Gasteiger partial charge >= 0.3 is 0 Å². The molecule has 2 unspecified atom stereocenters. The standard InChI is InChI=1S/C17H14Cl2N2O2/c18-10-3-1-9(2-4-10)12-8-13(12)17(23)21-11-5-6-15(19)14(7-11)16(20)22/h1-7,12-13H,8H2,(H2,20,22)(H,21,23). The molecule has 2 amide bonds.